The molecule has 0 heterocycles. The number of carbonyl (C=O) groups excluding carboxylic acids is 1. The van der Waals surface area contributed by atoms with Gasteiger partial charge in [0.15, 0.2) is 0 Å². The number of methoxy groups -OCH3 is 1. The van der Waals surface area contributed by atoms with Crippen molar-refractivity contribution in [1.82, 2.24) is 4.90 Å². The van der Waals surface area contributed by atoms with E-state index in [-0.39, 0.29) is 11.7 Å². The summed E-state index contributed by atoms with van der Waals surface area (Å²) in [5.74, 6) is -0.142. The Labute approximate surface area is 154 Å². The molecule has 3 rings (SSSR count). The Kier molecular flexibility index (Phi) is 6.40. The van der Waals surface area contributed by atoms with Gasteiger partial charge in [-0.2, -0.15) is 0 Å². The summed E-state index contributed by atoms with van der Waals surface area (Å²) in [6, 6.07) is 14.5. The first-order chi connectivity index (χ1) is 12.7. The molecule has 1 fully saturated rings. The van der Waals surface area contributed by atoms with E-state index in [4.69, 9.17) is 4.74 Å². The number of hydrogen-bond donors (Lipinski definition) is 0. The molecule has 0 radical (unpaired) electrons. The van der Waals surface area contributed by atoms with Crippen LogP contribution in [0, 0.1) is 5.82 Å². The number of halogens is 1. The summed E-state index contributed by atoms with van der Waals surface area (Å²) in [5, 5.41) is 0. The van der Waals surface area contributed by atoms with Crippen molar-refractivity contribution in [1.29, 1.82) is 0 Å². The maximum atomic E-state index is 13.1. The van der Waals surface area contributed by atoms with Crippen LogP contribution in [0.15, 0.2) is 48.5 Å². The minimum Gasteiger partial charge on any atom is -0.380 e. The van der Waals surface area contributed by atoms with Crippen LogP contribution in [0.4, 0.5) is 4.39 Å². The van der Waals surface area contributed by atoms with E-state index in [0.29, 0.717) is 19.2 Å². The van der Waals surface area contributed by atoms with E-state index in [1.807, 2.05) is 29.2 Å². The zero-order valence-corrected chi connectivity index (χ0v) is 15.3. The summed E-state index contributed by atoms with van der Waals surface area (Å²) in [5.41, 5.74) is 2.83. The highest BCUT2D eigenvalue weighted by atomic mass is 19.1. The van der Waals surface area contributed by atoms with Crippen LogP contribution in [0.2, 0.25) is 0 Å². The first-order valence-electron chi connectivity index (χ1n) is 9.30. The quantitative estimate of drug-likeness (QED) is 0.726. The molecular weight excluding hydrogens is 329 g/mol. The summed E-state index contributed by atoms with van der Waals surface area (Å²) < 4.78 is 18.2. The molecule has 3 nitrogen and oxygen atoms in total. The second kappa shape index (κ2) is 8.95. The number of nitrogens with zero attached hydrogens (tertiary/aromatic N) is 1. The van der Waals surface area contributed by atoms with Gasteiger partial charge in [-0.3, -0.25) is 4.79 Å². The SMILES string of the molecule is COCc1ccc(C(=O)N(CCc2ccc(F)cc2)C2CCCC2)cc1. The molecule has 1 saturated carbocycles. The lowest BCUT2D eigenvalue weighted by Gasteiger charge is -2.29. The van der Waals surface area contributed by atoms with Gasteiger partial charge in [0.1, 0.15) is 5.82 Å². The van der Waals surface area contributed by atoms with Crippen molar-refractivity contribution in [3.05, 3.63) is 71.0 Å². The third kappa shape index (κ3) is 4.70. The van der Waals surface area contributed by atoms with Gasteiger partial charge >= 0.3 is 0 Å². The minimum absolute atomic E-state index is 0.0861. The maximum Gasteiger partial charge on any atom is 0.254 e. The molecule has 0 aliphatic heterocycles. The third-order valence-electron chi connectivity index (χ3n) is 5.09. The number of benzene rings is 2. The van der Waals surface area contributed by atoms with Gasteiger partial charge in [-0.25, -0.2) is 4.39 Å². The normalized spacial score (nSPS) is 14.5. The highest BCUT2D eigenvalue weighted by Gasteiger charge is 2.27. The molecule has 0 spiro atoms. The van der Waals surface area contributed by atoms with Crippen LogP contribution in [-0.4, -0.2) is 30.5 Å². The number of hydrogen-bond acceptors (Lipinski definition) is 2. The van der Waals surface area contributed by atoms with Crippen LogP contribution in [0.5, 0.6) is 0 Å². The Balaban J connectivity index is 1.72. The van der Waals surface area contributed by atoms with Crippen LogP contribution in [0.3, 0.4) is 0 Å². The van der Waals surface area contributed by atoms with Crippen molar-refractivity contribution in [2.45, 2.75) is 44.8 Å². The monoisotopic (exact) mass is 355 g/mol. The Bertz CT molecular complexity index is 706. The highest BCUT2D eigenvalue weighted by Crippen LogP contribution is 2.25. The molecule has 2 aromatic carbocycles. The molecule has 138 valence electrons. The maximum absolute atomic E-state index is 13.1. The van der Waals surface area contributed by atoms with Gasteiger partial charge in [-0.15, -0.1) is 0 Å². The molecule has 1 aliphatic rings. The average Bonchev–Trinajstić information content (AvgIpc) is 3.18. The van der Waals surface area contributed by atoms with E-state index >= 15 is 0 Å². The minimum atomic E-state index is -0.228. The third-order valence-corrected chi connectivity index (χ3v) is 5.09. The molecule has 0 saturated heterocycles. The van der Waals surface area contributed by atoms with E-state index < -0.39 is 0 Å². The van der Waals surface area contributed by atoms with Crippen LogP contribution in [-0.2, 0) is 17.8 Å². The van der Waals surface area contributed by atoms with Gasteiger partial charge in [0, 0.05) is 25.3 Å². The van der Waals surface area contributed by atoms with Gasteiger partial charge < -0.3 is 9.64 Å². The first kappa shape index (κ1) is 18.6. The van der Waals surface area contributed by atoms with E-state index in [2.05, 4.69) is 0 Å². The van der Waals surface area contributed by atoms with Gasteiger partial charge in [0.05, 0.1) is 6.61 Å². The fourth-order valence-electron chi connectivity index (χ4n) is 3.64. The van der Waals surface area contributed by atoms with Gasteiger partial charge in [-0.05, 0) is 54.7 Å². The summed E-state index contributed by atoms with van der Waals surface area (Å²) in [6.07, 6.45) is 5.23. The van der Waals surface area contributed by atoms with Gasteiger partial charge in [0.2, 0.25) is 0 Å². The summed E-state index contributed by atoms with van der Waals surface area (Å²) in [4.78, 5) is 15.1. The second-order valence-corrected chi connectivity index (χ2v) is 6.94. The van der Waals surface area contributed by atoms with Crippen LogP contribution in [0.25, 0.3) is 0 Å². The predicted molar refractivity (Wildman–Crippen MR) is 101 cm³/mol. The zero-order valence-electron chi connectivity index (χ0n) is 15.3. The van der Waals surface area contributed by atoms with Crippen molar-refractivity contribution in [2.75, 3.05) is 13.7 Å². The fraction of sp³-hybridized carbons (Fsp3) is 0.409. The number of ether oxygens (including phenoxy) is 1. The number of amides is 1. The molecular formula is C22H26FNO2. The number of carbonyl (C=O) groups is 1. The van der Waals surface area contributed by atoms with Crippen molar-refractivity contribution >= 4 is 5.91 Å². The Morgan fingerprint density at radius 2 is 1.65 bits per heavy atom. The summed E-state index contributed by atoms with van der Waals surface area (Å²) in [7, 11) is 1.66. The highest BCUT2D eigenvalue weighted by molar-refractivity contribution is 5.94. The lowest BCUT2D eigenvalue weighted by Crippen LogP contribution is -2.40. The molecule has 0 atom stereocenters. The van der Waals surface area contributed by atoms with Crippen LogP contribution < -0.4 is 0 Å². The average molecular weight is 355 g/mol. The molecule has 0 unspecified atom stereocenters. The number of rotatable bonds is 7. The van der Waals surface area contributed by atoms with Crippen molar-refractivity contribution in [3.63, 3.8) is 0 Å². The fourth-order valence-corrected chi connectivity index (χ4v) is 3.64. The smallest absolute Gasteiger partial charge is 0.254 e. The van der Waals surface area contributed by atoms with E-state index in [1.165, 1.54) is 25.0 Å². The molecule has 1 amide bonds. The Hall–Kier alpha value is -2.20. The molecule has 0 aromatic heterocycles. The standard InChI is InChI=1S/C22H26FNO2/c1-26-16-18-6-10-19(11-7-18)22(25)24(21-4-2-3-5-21)15-14-17-8-12-20(23)13-9-17/h6-13,21H,2-5,14-16H2,1H3. The van der Waals surface area contributed by atoms with Gasteiger partial charge in [-0.1, -0.05) is 37.1 Å². The first-order valence-corrected chi connectivity index (χ1v) is 9.30. The van der Waals surface area contributed by atoms with Crippen molar-refractivity contribution in [3.8, 4) is 0 Å². The van der Waals surface area contributed by atoms with Crippen LogP contribution >= 0.6 is 0 Å². The van der Waals surface area contributed by atoms with Crippen molar-refractivity contribution in [2.24, 2.45) is 0 Å². The summed E-state index contributed by atoms with van der Waals surface area (Å²) in [6.45, 7) is 1.21. The molecule has 0 bridgehead atoms. The predicted octanol–water partition coefficient (Wildman–Crippen LogP) is 4.60. The second-order valence-electron chi connectivity index (χ2n) is 6.94. The molecule has 0 N–H and O–H groups in total. The summed E-state index contributed by atoms with van der Waals surface area (Å²) >= 11 is 0. The topological polar surface area (TPSA) is 29.5 Å². The lowest BCUT2D eigenvalue weighted by atomic mass is 10.1. The Morgan fingerprint density at radius 1 is 1.04 bits per heavy atom. The Morgan fingerprint density at radius 3 is 2.27 bits per heavy atom. The lowest BCUT2D eigenvalue weighted by molar-refractivity contribution is 0.0684. The largest absolute Gasteiger partial charge is 0.380 e. The zero-order chi connectivity index (χ0) is 18.4. The van der Waals surface area contributed by atoms with E-state index in [0.717, 1.165) is 36.0 Å². The molecule has 4 heteroatoms. The van der Waals surface area contributed by atoms with E-state index in [9.17, 15) is 9.18 Å². The van der Waals surface area contributed by atoms with E-state index in [1.54, 1.807) is 19.2 Å². The molecule has 1 aliphatic carbocycles. The van der Waals surface area contributed by atoms with Crippen LogP contribution in [0.1, 0.15) is 47.2 Å². The molecule has 2 aromatic rings. The van der Waals surface area contributed by atoms with Gasteiger partial charge in [0.25, 0.3) is 5.91 Å². The van der Waals surface area contributed by atoms with Crippen molar-refractivity contribution < 1.29 is 13.9 Å². The molecule has 26 heavy (non-hydrogen) atoms.